The SMILES string of the molecule is C=CCOC(=O)[C@H](Cc1ccccc1)NC(=O)[C@H](CC(C)C)N(C)C(=O)[C@@H](NC(=O)[C@H](CC(C)C)OC(=O)[C@H](CC(C)C)NC(=O)OC(C)(C)C)C(C)C. The predicted octanol–water partition coefficient (Wildman–Crippen LogP) is 5.35. The summed E-state index contributed by atoms with van der Waals surface area (Å²) in [6, 6.07) is 4.97. The Bertz CT molecular complexity index is 1390. The number of ether oxygens (including phenoxy) is 3. The van der Waals surface area contributed by atoms with E-state index in [-0.39, 0.29) is 50.0 Å². The largest absolute Gasteiger partial charge is 0.460 e. The van der Waals surface area contributed by atoms with Gasteiger partial charge >= 0.3 is 18.0 Å². The molecule has 0 fully saturated rings. The molecule has 0 bridgehead atoms. The third-order valence-corrected chi connectivity index (χ3v) is 8.19. The van der Waals surface area contributed by atoms with E-state index in [9.17, 15) is 28.8 Å². The summed E-state index contributed by atoms with van der Waals surface area (Å²) in [7, 11) is 1.49. The number of likely N-dealkylation sites (N-methyl/N-ethyl adjacent to an activating group) is 1. The quantitative estimate of drug-likeness (QED) is 0.0850. The number of benzene rings is 1. The van der Waals surface area contributed by atoms with Crippen molar-refractivity contribution in [2.75, 3.05) is 13.7 Å². The van der Waals surface area contributed by atoms with Crippen molar-refractivity contribution in [2.45, 2.75) is 138 Å². The highest BCUT2D eigenvalue weighted by Crippen LogP contribution is 2.18. The minimum Gasteiger partial charge on any atom is -0.460 e. The fourth-order valence-corrected chi connectivity index (χ4v) is 5.57. The van der Waals surface area contributed by atoms with Crippen molar-refractivity contribution in [2.24, 2.45) is 23.7 Å². The second-order valence-corrected chi connectivity index (χ2v) is 16.4. The molecular weight excluding hydrogens is 692 g/mol. The average molecular weight is 759 g/mol. The van der Waals surface area contributed by atoms with Crippen LogP contribution in [0, 0.1) is 23.7 Å². The molecule has 0 radical (unpaired) electrons. The van der Waals surface area contributed by atoms with E-state index in [4.69, 9.17) is 14.2 Å². The molecule has 0 spiro atoms. The van der Waals surface area contributed by atoms with Gasteiger partial charge in [0, 0.05) is 13.5 Å². The topological polar surface area (TPSA) is 169 Å². The summed E-state index contributed by atoms with van der Waals surface area (Å²) in [6.45, 7) is 23.5. The van der Waals surface area contributed by atoms with Crippen molar-refractivity contribution in [3.8, 4) is 0 Å². The maximum Gasteiger partial charge on any atom is 0.408 e. The molecule has 4 amide bonds. The van der Waals surface area contributed by atoms with Gasteiger partial charge in [-0.1, -0.05) is 98.4 Å². The number of carbonyl (C=O) groups is 6. The lowest BCUT2D eigenvalue weighted by Crippen LogP contribution is -2.59. The maximum atomic E-state index is 14.2. The molecule has 13 nitrogen and oxygen atoms in total. The molecule has 5 atom stereocenters. The van der Waals surface area contributed by atoms with E-state index >= 15 is 0 Å². The van der Waals surface area contributed by atoms with Crippen LogP contribution in [0.2, 0.25) is 0 Å². The summed E-state index contributed by atoms with van der Waals surface area (Å²) in [6.07, 6.45) is 0.193. The first-order valence-corrected chi connectivity index (χ1v) is 18.9. The lowest BCUT2D eigenvalue weighted by molar-refractivity contribution is -0.160. The summed E-state index contributed by atoms with van der Waals surface area (Å²) in [5, 5.41) is 8.17. The van der Waals surface area contributed by atoms with Crippen molar-refractivity contribution < 1.29 is 43.0 Å². The third kappa shape index (κ3) is 17.6. The minimum absolute atomic E-state index is 0.00395. The molecule has 0 aliphatic heterocycles. The molecular formula is C41H66N4O9. The van der Waals surface area contributed by atoms with Gasteiger partial charge in [0.05, 0.1) is 0 Å². The highest BCUT2D eigenvalue weighted by molar-refractivity contribution is 5.95. The first kappa shape index (κ1) is 47.6. The van der Waals surface area contributed by atoms with Crippen LogP contribution in [0.5, 0.6) is 0 Å². The molecule has 304 valence electrons. The minimum atomic E-state index is -1.28. The normalized spacial score (nSPS) is 14.4. The molecule has 0 unspecified atom stereocenters. The summed E-state index contributed by atoms with van der Waals surface area (Å²) < 4.78 is 16.4. The van der Waals surface area contributed by atoms with Crippen molar-refractivity contribution in [3.05, 3.63) is 48.6 Å². The molecule has 0 heterocycles. The van der Waals surface area contributed by atoms with E-state index in [1.807, 2.05) is 71.9 Å². The highest BCUT2D eigenvalue weighted by Gasteiger charge is 2.38. The van der Waals surface area contributed by atoms with Crippen LogP contribution in [0.15, 0.2) is 43.0 Å². The summed E-state index contributed by atoms with van der Waals surface area (Å²) in [4.78, 5) is 82.4. The smallest absolute Gasteiger partial charge is 0.408 e. The van der Waals surface area contributed by atoms with E-state index in [0.29, 0.717) is 0 Å². The van der Waals surface area contributed by atoms with Gasteiger partial charge in [0.15, 0.2) is 6.10 Å². The highest BCUT2D eigenvalue weighted by atomic mass is 16.6. The number of nitrogens with one attached hydrogen (secondary N) is 3. The molecule has 0 aliphatic carbocycles. The van der Waals surface area contributed by atoms with E-state index in [1.54, 1.807) is 34.6 Å². The number of carbonyl (C=O) groups excluding carboxylic acids is 6. The Labute approximate surface area is 322 Å². The molecule has 54 heavy (non-hydrogen) atoms. The predicted molar refractivity (Wildman–Crippen MR) is 208 cm³/mol. The lowest BCUT2D eigenvalue weighted by Gasteiger charge is -2.34. The van der Waals surface area contributed by atoms with Crippen LogP contribution in [-0.2, 0) is 44.6 Å². The second kappa shape index (κ2) is 22.7. The zero-order valence-electron chi connectivity index (χ0n) is 34.5. The van der Waals surface area contributed by atoms with Crippen molar-refractivity contribution >= 4 is 35.8 Å². The standard InChI is InChI=1S/C41H66N4O9/c1-14-20-52-38(49)31(24-29-18-16-15-17-19-29)42-35(46)32(22-26(4)5)45(13)37(48)34(28(8)9)44-36(47)33(23-27(6)7)53-39(50)30(21-25(2)3)43-40(51)54-41(10,11)12/h14-19,25-28,30-34H,1,20-24H2,2-13H3,(H,42,46)(H,43,51)(H,44,47)/t30-,31-,32-,33-,34-/m0/s1. The van der Waals surface area contributed by atoms with Crippen LogP contribution in [0.1, 0.15) is 101 Å². The van der Waals surface area contributed by atoms with Gasteiger partial charge in [0.2, 0.25) is 11.8 Å². The van der Waals surface area contributed by atoms with Gasteiger partial charge < -0.3 is 35.1 Å². The zero-order valence-corrected chi connectivity index (χ0v) is 34.5. The molecule has 1 aromatic carbocycles. The van der Waals surface area contributed by atoms with Gasteiger partial charge in [-0.2, -0.15) is 0 Å². The first-order valence-electron chi connectivity index (χ1n) is 18.9. The number of hydrogen-bond donors (Lipinski definition) is 3. The van der Waals surface area contributed by atoms with Gasteiger partial charge in [-0.15, -0.1) is 0 Å². The summed E-state index contributed by atoms with van der Waals surface area (Å²) in [5.41, 5.74) is 0.0105. The van der Waals surface area contributed by atoms with Crippen LogP contribution in [0.3, 0.4) is 0 Å². The van der Waals surface area contributed by atoms with E-state index in [2.05, 4.69) is 22.5 Å². The van der Waals surface area contributed by atoms with Gasteiger partial charge in [0.25, 0.3) is 5.91 Å². The monoisotopic (exact) mass is 758 g/mol. The fraction of sp³-hybridized carbons (Fsp3) is 0.659. The van der Waals surface area contributed by atoms with Crippen molar-refractivity contribution in [1.29, 1.82) is 0 Å². The molecule has 0 saturated carbocycles. The molecule has 3 N–H and O–H groups in total. The lowest BCUT2D eigenvalue weighted by atomic mass is 9.97. The van der Waals surface area contributed by atoms with E-state index in [1.165, 1.54) is 18.0 Å². The summed E-state index contributed by atoms with van der Waals surface area (Å²) >= 11 is 0. The van der Waals surface area contributed by atoms with Gasteiger partial charge in [-0.3, -0.25) is 14.4 Å². The van der Waals surface area contributed by atoms with E-state index < -0.39 is 77.5 Å². The zero-order chi connectivity index (χ0) is 41.3. The molecule has 1 aromatic rings. The van der Waals surface area contributed by atoms with Crippen LogP contribution < -0.4 is 16.0 Å². The molecule has 0 saturated heterocycles. The molecule has 13 heteroatoms. The first-order chi connectivity index (χ1) is 25.1. The van der Waals surface area contributed by atoms with Crippen molar-refractivity contribution in [3.63, 3.8) is 0 Å². The van der Waals surface area contributed by atoms with Gasteiger partial charge in [-0.25, -0.2) is 14.4 Å². The average Bonchev–Trinajstić information content (AvgIpc) is 3.05. The summed E-state index contributed by atoms with van der Waals surface area (Å²) in [5.74, 6) is -3.74. The van der Waals surface area contributed by atoms with Gasteiger partial charge in [0.1, 0.15) is 36.4 Å². The Morgan fingerprint density at radius 2 is 1.33 bits per heavy atom. The molecule has 0 aliphatic rings. The second-order valence-electron chi connectivity index (χ2n) is 16.4. The number of alkyl carbamates (subject to hydrolysis) is 1. The molecule has 0 aromatic heterocycles. The Morgan fingerprint density at radius 1 is 0.759 bits per heavy atom. The van der Waals surface area contributed by atoms with Crippen LogP contribution >= 0.6 is 0 Å². The third-order valence-electron chi connectivity index (χ3n) is 8.19. The Kier molecular flexibility index (Phi) is 20.0. The Morgan fingerprint density at radius 3 is 1.83 bits per heavy atom. The Hall–Kier alpha value is -4.42. The van der Waals surface area contributed by atoms with Crippen LogP contribution in [-0.4, -0.2) is 90.2 Å². The number of nitrogens with zero attached hydrogens (tertiary/aromatic N) is 1. The van der Waals surface area contributed by atoms with Crippen LogP contribution in [0.4, 0.5) is 4.79 Å². The van der Waals surface area contributed by atoms with Gasteiger partial charge in [-0.05, 0) is 69.3 Å². The number of rotatable bonds is 21. The van der Waals surface area contributed by atoms with E-state index in [0.717, 1.165) is 5.56 Å². The fourth-order valence-electron chi connectivity index (χ4n) is 5.57. The maximum absolute atomic E-state index is 14.2. The number of amides is 4. The Balaban J connectivity index is 3.33. The number of esters is 2. The number of hydrogen-bond acceptors (Lipinski definition) is 9. The van der Waals surface area contributed by atoms with Crippen LogP contribution in [0.25, 0.3) is 0 Å². The van der Waals surface area contributed by atoms with Crippen molar-refractivity contribution in [1.82, 2.24) is 20.9 Å². The molecule has 1 rings (SSSR count).